The van der Waals surface area contributed by atoms with Crippen LogP contribution >= 0.6 is 11.6 Å². The van der Waals surface area contributed by atoms with Gasteiger partial charge in [-0.25, -0.2) is 4.39 Å². The number of hydrogen-bond donors (Lipinski definition) is 0. The third kappa shape index (κ3) is 4.86. The molecule has 202 valence electrons. The van der Waals surface area contributed by atoms with Gasteiger partial charge < -0.3 is 19.1 Å². The van der Waals surface area contributed by atoms with Crippen LogP contribution in [0.15, 0.2) is 48.5 Å². The van der Waals surface area contributed by atoms with E-state index in [-0.39, 0.29) is 23.8 Å². The van der Waals surface area contributed by atoms with Crippen LogP contribution in [-0.4, -0.2) is 90.6 Å². The van der Waals surface area contributed by atoms with Gasteiger partial charge in [-0.1, -0.05) is 29.8 Å². The molecule has 0 bridgehead atoms. The number of ketones is 1. The van der Waals surface area contributed by atoms with E-state index < -0.39 is 6.17 Å². The number of carbonyl (C=O) groups excluding carboxylic acids is 1. The Morgan fingerprint density at radius 3 is 2.45 bits per heavy atom. The molecule has 4 atom stereocenters. The minimum Gasteiger partial charge on any atom is -0.484 e. The fourth-order valence-corrected chi connectivity index (χ4v) is 6.60. The first-order valence-corrected chi connectivity index (χ1v) is 14.1. The third-order valence-electron chi connectivity index (χ3n) is 8.67. The number of rotatable bonds is 5. The van der Waals surface area contributed by atoms with Crippen LogP contribution in [-0.2, 0) is 6.54 Å². The zero-order chi connectivity index (χ0) is 26.4. The number of likely N-dealkylation sites (tertiary alicyclic amines) is 1. The van der Waals surface area contributed by atoms with Crippen molar-refractivity contribution >= 4 is 28.3 Å². The van der Waals surface area contributed by atoms with Gasteiger partial charge in [0.2, 0.25) is 0 Å². The van der Waals surface area contributed by atoms with Crippen molar-refractivity contribution in [3.8, 4) is 5.75 Å². The first-order chi connectivity index (χ1) is 18.4. The van der Waals surface area contributed by atoms with E-state index >= 15 is 4.39 Å². The van der Waals surface area contributed by atoms with Gasteiger partial charge in [0, 0.05) is 67.5 Å². The topological polar surface area (TPSA) is 41.0 Å². The van der Waals surface area contributed by atoms with Crippen molar-refractivity contribution in [3.05, 3.63) is 64.8 Å². The number of para-hydroxylation sites is 1. The molecule has 0 radical (unpaired) electrons. The summed E-state index contributed by atoms with van der Waals surface area (Å²) in [5.41, 5.74) is 2.63. The number of benzene rings is 2. The molecule has 8 heteroatoms. The highest BCUT2D eigenvalue weighted by molar-refractivity contribution is 6.30. The molecule has 0 saturated carbocycles. The second-order valence-electron chi connectivity index (χ2n) is 11.2. The van der Waals surface area contributed by atoms with Crippen LogP contribution in [0.5, 0.6) is 5.75 Å². The molecule has 0 amide bonds. The summed E-state index contributed by atoms with van der Waals surface area (Å²) in [6.07, 6.45) is 0.129. The predicted molar refractivity (Wildman–Crippen MR) is 149 cm³/mol. The Morgan fingerprint density at radius 2 is 1.71 bits per heavy atom. The van der Waals surface area contributed by atoms with E-state index in [9.17, 15) is 4.79 Å². The fraction of sp³-hybridized carbons (Fsp3) is 0.500. The van der Waals surface area contributed by atoms with Gasteiger partial charge in [0.05, 0.1) is 17.3 Å². The molecule has 1 aliphatic carbocycles. The van der Waals surface area contributed by atoms with Crippen molar-refractivity contribution in [2.24, 2.45) is 5.92 Å². The predicted octanol–water partition coefficient (Wildman–Crippen LogP) is 4.91. The maximum absolute atomic E-state index is 15.2. The molecule has 3 heterocycles. The molecule has 3 aromatic rings. The average Bonchev–Trinajstić information content (AvgIpc) is 3.24. The van der Waals surface area contributed by atoms with Crippen molar-refractivity contribution in [1.82, 2.24) is 19.3 Å². The molecule has 2 aromatic carbocycles. The lowest BCUT2D eigenvalue weighted by atomic mass is 9.86. The number of halogens is 2. The number of likely N-dealkylation sites (N-methyl/N-ethyl adjacent to an activating group) is 1. The van der Waals surface area contributed by atoms with E-state index in [1.807, 2.05) is 49.5 Å². The normalized spacial score (nSPS) is 27.5. The summed E-state index contributed by atoms with van der Waals surface area (Å²) in [5.74, 6) is 0.777. The van der Waals surface area contributed by atoms with E-state index in [1.54, 1.807) is 0 Å². The van der Waals surface area contributed by atoms with Crippen LogP contribution in [0.2, 0.25) is 5.02 Å². The quantitative estimate of drug-likeness (QED) is 0.462. The zero-order valence-electron chi connectivity index (χ0n) is 22.2. The molecule has 1 aromatic heterocycles. The van der Waals surface area contributed by atoms with E-state index in [0.717, 1.165) is 67.1 Å². The van der Waals surface area contributed by atoms with Crippen LogP contribution in [0.4, 0.5) is 4.39 Å². The molecule has 2 fully saturated rings. The molecule has 3 aliphatic rings. The van der Waals surface area contributed by atoms with Gasteiger partial charge in [-0.15, -0.1) is 0 Å². The van der Waals surface area contributed by atoms with Gasteiger partial charge in [0.15, 0.2) is 5.78 Å². The van der Waals surface area contributed by atoms with Gasteiger partial charge >= 0.3 is 0 Å². The molecule has 38 heavy (non-hydrogen) atoms. The summed E-state index contributed by atoms with van der Waals surface area (Å²) < 4.78 is 24.1. The van der Waals surface area contributed by atoms with E-state index in [1.165, 1.54) is 0 Å². The molecule has 0 N–H and O–H groups in total. The van der Waals surface area contributed by atoms with Gasteiger partial charge in [-0.2, -0.15) is 0 Å². The molecule has 1 unspecified atom stereocenters. The van der Waals surface area contributed by atoms with E-state index in [2.05, 4.69) is 32.4 Å². The number of nitrogens with zero attached hydrogens (tertiary/aromatic N) is 4. The maximum atomic E-state index is 15.2. The monoisotopic (exact) mass is 538 g/mol. The lowest BCUT2D eigenvalue weighted by molar-refractivity contribution is 0.0490. The standard InChI is InChI=1S/C30H36ClFN4O2/c1-33-13-15-35(16-14-33)26-17-27(38-22-9-7-21(31)8-10-22)29-28(30(26)37)23-5-3-4-6-25(23)36(29)18-20-11-12-34(2)19-24(20)32/h3-10,20,24,26-27H,11-19H2,1-2H3/t20-,24-,26?,27+/m0/s1. The lowest BCUT2D eigenvalue weighted by Crippen LogP contribution is -2.53. The average molecular weight is 539 g/mol. The maximum Gasteiger partial charge on any atom is 0.182 e. The Kier molecular flexibility index (Phi) is 7.20. The van der Waals surface area contributed by atoms with Crippen LogP contribution in [0, 0.1) is 5.92 Å². The Bertz CT molecular complexity index is 1300. The number of carbonyl (C=O) groups is 1. The Morgan fingerprint density at radius 1 is 0.974 bits per heavy atom. The number of aromatic nitrogens is 1. The largest absolute Gasteiger partial charge is 0.484 e. The molecule has 2 saturated heterocycles. The zero-order valence-corrected chi connectivity index (χ0v) is 22.9. The van der Waals surface area contributed by atoms with Crippen LogP contribution in [0.3, 0.4) is 0 Å². The Hall–Kier alpha value is -2.45. The van der Waals surface area contributed by atoms with Gasteiger partial charge in [0.25, 0.3) is 0 Å². The molecule has 2 aliphatic heterocycles. The number of fused-ring (bicyclic) bond motifs is 3. The number of hydrogen-bond acceptors (Lipinski definition) is 5. The number of ether oxygens (including phenoxy) is 1. The van der Waals surface area contributed by atoms with Crippen molar-refractivity contribution < 1.29 is 13.9 Å². The van der Waals surface area contributed by atoms with Crippen molar-refractivity contribution in [2.75, 3.05) is 53.4 Å². The van der Waals surface area contributed by atoms with E-state index in [4.69, 9.17) is 16.3 Å². The number of piperazine rings is 1. The number of alkyl halides is 1. The van der Waals surface area contributed by atoms with Crippen LogP contribution < -0.4 is 4.74 Å². The smallest absolute Gasteiger partial charge is 0.182 e. The number of Topliss-reactive ketones (excluding diaryl/α,β-unsaturated/α-hetero) is 1. The summed E-state index contributed by atoms with van der Waals surface area (Å²) in [5, 5.41) is 1.59. The molecule has 6 nitrogen and oxygen atoms in total. The molecule has 6 rings (SSSR count). The minimum absolute atomic E-state index is 0.104. The highest BCUT2D eigenvalue weighted by Gasteiger charge is 2.43. The third-order valence-corrected chi connectivity index (χ3v) is 8.92. The highest BCUT2D eigenvalue weighted by atomic mass is 35.5. The summed E-state index contributed by atoms with van der Waals surface area (Å²) in [4.78, 5) is 20.9. The van der Waals surface area contributed by atoms with Crippen molar-refractivity contribution in [2.45, 2.75) is 37.7 Å². The Balaban J connectivity index is 1.44. The van der Waals surface area contributed by atoms with Gasteiger partial charge in [0.1, 0.15) is 18.0 Å². The van der Waals surface area contributed by atoms with Crippen LogP contribution in [0.1, 0.15) is 35.0 Å². The second-order valence-corrected chi connectivity index (χ2v) is 11.7. The lowest BCUT2D eigenvalue weighted by Gasteiger charge is -2.41. The summed E-state index contributed by atoms with van der Waals surface area (Å²) in [6, 6.07) is 15.3. The van der Waals surface area contributed by atoms with Gasteiger partial charge in [-0.3, -0.25) is 9.69 Å². The minimum atomic E-state index is -0.904. The summed E-state index contributed by atoms with van der Waals surface area (Å²) in [7, 11) is 4.10. The van der Waals surface area contributed by atoms with Gasteiger partial charge in [-0.05, 0) is 57.4 Å². The summed E-state index contributed by atoms with van der Waals surface area (Å²) >= 11 is 6.15. The fourth-order valence-electron chi connectivity index (χ4n) is 6.48. The van der Waals surface area contributed by atoms with E-state index in [0.29, 0.717) is 24.5 Å². The second kappa shape index (κ2) is 10.6. The SMILES string of the molecule is CN1CCN(C2C[C@@H](Oc3ccc(Cl)cc3)c3c(c4ccccc4n3C[C@@H]3CCN(C)C[C@@H]3F)C2=O)CC1. The molecule has 0 spiro atoms. The number of piperidine rings is 1. The van der Waals surface area contributed by atoms with Crippen molar-refractivity contribution in [1.29, 1.82) is 0 Å². The first kappa shape index (κ1) is 25.8. The first-order valence-electron chi connectivity index (χ1n) is 13.7. The molecular weight excluding hydrogens is 503 g/mol. The highest BCUT2D eigenvalue weighted by Crippen LogP contribution is 2.42. The summed E-state index contributed by atoms with van der Waals surface area (Å²) in [6.45, 7) is 5.45. The molecular formula is C30H36ClFN4O2. The Labute approximate surface area is 228 Å². The van der Waals surface area contributed by atoms with Crippen LogP contribution in [0.25, 0.3) is 10.9 Å². The van der Waals surface area contributed by atoms with Crippen molar-refractivity contribution in [3.63, 3.8) is 0 Å².